The average molecular weight is 198 g/mol. The van der Waals surface area contributed by atoms with E-state index in [0.717, 1.165) is 5.92 Å². The first kappa shape index (κ1) is 14.0. The third kappa shape index (κ3) is 3.63. The maximum atomic E-state index is 2.46. The zero-order valence-corrected chi connectivity index (χ0v) is 11.4. The topological polar surface area (TPSA) is 0 Å². The molecule has 0 bridgehead atoms. The maximum absolute atomic E-state index is 2.46. The second-order valence-electron chi connectivity index (χ2n) is 6.26. The van der Waals surface area contributed by atoms with Crippen LogP contribution >= 0.6 is 0 Å². The first-order valence-electron chi connectivity index (χ1n) is 6.27. The Balaban J connectivity index is 4.40. The van der Waals surface area contributed by atoms with E-state index in [0.29, 0.717) is 10.8 Å². The molecule has 0 heteroatoms. The predicted octanol–water partition coefficient (Wildman–Crippen LogP) is 5.28. The summed E-state index contributed by atoms with van der Waals surface area (Å²) in [6, 6.07) is 0. The summed E-state index contributed by atoms with van der Waals surface area (Å²) < 4.78 is 0. The fourth-order valence-corrected chi connectivity index (χ4v) is 2.34. The summed E-state index contributed by atoms with van der Waals surface area (Å²) in [6.45, 7) is 16.6. The Labute approximate surface area is 91.5 Å². The fourth-order valence-electron chi connectivity index (χ4n) is 2.34. The van der Waals surface area contributed by atoms with E-state index in [9.17, 15) is 0 Å². The van der Waals surface area contributed by atoms with Crippen LogP contribution in [0, 0.1) is 16.7 Å². The van der Waals surface area contributed by atoms with Crippen LogP contribution in [0.4, 0.5) is 0 Å². The highest BCUT2D eigenvalue weighted by Gasteiger charge is 2.36. The summed E-state index contributed by atoms with van der Waals surface area (Å²) in [5.74, 6) is 0.879. The molecule has 0 amide bonds. The standard InChI is InChI=1S/C14H30/c1-8-10-12(3)11-14(7,9-2)13(4,5)6/h12H,8-11H2,1-7H3. The van der Waals surface area contributed by atoms with Crippen LogP contribution < -0.4 is 0 Å². The highest BCUT2D eigenvalue weighted by Crippen LogP contribution is 2.46. The van der Waals surface area contributed by atoms with Gasteiger partial charge in [0.15, 0.2) is 0 Å². The minimum absolute atomic E-state index is 0.434. The van der Waals surface area contributed by atoms with E-state index in [1.54, 1.807) is 0 Å². The van der Waals surface area contributed by atoms with Crippen molar-refractivity contribution in [3.05, 3.63) is 0 Å². The van der Waals surface area contributed by atoms with Gasteiger partial charge in [-0.2, -0.15) is 0 Å². The average Bonchev–Trinajstić information content (AvgIpc) is 2.02. The summed E-state index contributed by atoms with van der Waals surface area (Å²) in [5.41, 5.74) is 0.936. The molecule has 0 radical (unpaired) electrons. The van der Waals surface area contributed by atoms with Gasteiger partial charge < -0.3 is 0 Å². The zero-order valence-electron chi connectivity index (χ0n) is 11.4. The van der Waals surface area contributed by atoms with E-state index in [-0.39, 0.29) is 0 Å². The lowest BCUT2D eigenvalue weighted by atomic mass is 9.62. The lowest BCUT2D eigenvalue weighted by Crippen LogP contribution is -2.33. The van der Waals surface area contributed by atoms with Gasteiger partial charge in [-0.25, -0.2) is 0 Å². The Morgan fingerprint density at radius 1 is 1.00 bits per heavy atom. The Morgan fingerprint density at radius 2 is 1.50 bits per heavy atom. The third-order valence-electron chi connectivity index (χ3n) is 4.17. The summed E-state index contributed by atoms with van der Waals surface area (Å²) in [6.07, 6.45) is 5.38. The van der Waals surface area contributed by atoms with Crippen LogP contribution in [0.15, 0.2) is 0 Å². The summed E-state index contributed by atoms with van der Waals surface area (Å²) >= 11 is 0. The van der Waals surface area contributed by atoms with Crippen LogP contribution in [-0.2, 0) is 0 Å². The highest BCUT2D eigenvalue weighted by atomic mass is 14.4. The minimum atomic E-state index is 0.434. The molecule has 0 aliphatic rings. The van der Waals surface area contributed by atoms with Crippen molar-refractivity contribution in [2.45, 2.75) is 74.1 Å². The van der Waals surface area contributed by atoms with E-state index in [1.807, 2.05) is 0 Å². The molecule has 0 saturated carbocycles. The van der Waals surface area contributed by atoms with Gasteiger partial charge in [-0.15, -0.1) is 0 Å². The molecule has 0 N–H and O–H groups in total. The van der Waals surface area contributed by atoms with Crippen molar-refractivity contribution in [3.63, 3.8) is 0 Å². The molecule has 0 aromatic heterocycles. The molecule has 0 aliphatic heterocycles. The fraction of sp³-hybridized carbons (Fsp3) is 1.00. The quantitative estimate of drug-likeness (QED) is 0.564. The highest BCUT2D eigenvalue weighted by molar-refractivity contribution is 4.86. The first-order chi connectivity index (χ1) is 6.27. The molecule has 0 aliphatic carbocycles. The summed E-state index contributed by atoms with van der Waals surface area (Å²) in [5, 5.41) is 0. The van der Waals surface area contributed by atoms with Crippen LogP contribution in [0.3, 0.4) is 0 Å². The predicted molar refractivity (Wildman–Crippen MR) is 66.5 cm³/mol. The molecule has 0 heterocycles. The monoisotopic (exact) mass is 198 g/mol. The number of rotatable bonds is 5. The lowest BCUT2D eigenvalue weighted by molar-refractivity contribution is 0.0703. The zero-order chi connectivity index (χ0) is 11.4. The van der Waals surface area contributed by atoms with Crippen molar-refractivity contribution in [1.29, 1.82) is 0 Å². The Kier molecular flexibility index (Phi) is 5.19. The molecule has 0 fully saturated rings. The molecule has 0 aromatic rings. The molecule has 0 aromatic carbocycles. The van der Waals surface area contributed by atoms with E-state index in [2.05, 4.69) is 48.5 Å². The van der Waals surface area contributed by atoms with Gasteiger partial charge in [-0.05, 0) is 23.2 Å². The second-order valence-corrected chi connectivity index (χ2v) is 6.26. The van der Waals surface area contributed by atoms with Crippen molar-refractivity contribution >= 4 is 0 Å². The van der Waals surface area contributed by atoms with E-state index < -0.39 is 0 Å². The van der Waals surface area contributed by atoms with Gasteiger partial charge in [-0.3, -0.25) is 0 Å². The van der Waals surface area contributed by atoms with Gasteiger partial charge >= 0.3 is 0 Å². The molecule has 86 valence electrons. The Hall–Kier alpha value is 0. The number of hydrogen-bond donors (Lipinski definition) is 0. The second kappa shape index (κ2) is 5.19. The van der Waals surface area contributed by atoms with Gasteiger partial charge in [-0.1, -0.05) is 67.7 Å². The largest absolute Gasteiger partial charge is 0.0654 e. The Morgan fingerprint density at radius 3 is 1.79 bits per heavy atom. The maximum Gasteiger partial charge on any atom is -0.0277 e. The van der Waals surface area contributed by atoms with E-state index >= 15 is 0 Å². The lowest BCUT2D eigenvalue weighted by Gasteiger charge is -2.43. The van der Waals surface area contributed by atoms with Crippen LogP contribution in [-0.4, -0.2) is 0 Å². The summed E-state index contributed by atoms with van der Waals surface area (Å²) in [7, 11) is 0. The van der Waals surface area contributed by atoms with E-state index in [4.69, 9.17) is 0 Å². The first-order valence-corrected chi connectivity index (χ1v) is 6.27. The SMILES string of the molecule is CCCC(C)CC(C)(CC)C(C)(C)C. The molecular weight excluding hydrogens is 168 g/mol. The van der Waals surface area contributed by atoms with Gasteiger partial charge in [0.2, 0.25) is 0 Å². The van der Waals surface area contributed by atoms with Gasteiger partial charge in [0, 0.05) is 0 Å². The van der Waals surface area contributed by atoms with Crippen LogP contribution in [0.25, 0.3) is 0 Å². The van der Waals surface area contributed by atoms with Crippen LogP contribution in [0.1, 0.15) is 74.1 Å². The number of hydrogen-bond acceptors (Lipinski definition) is 0. The van der Waals surface area contributed by atoms with Crippen molar-refractivity contribution < 1.29 is 0 Å². The molecule has 0 rings (SSSR count). The van der Waals surface area contributed by atoms with Crippen molar-refractivity contribution in [2.24, 2.45) is 16.7 Å². The van der Waals surface area contributed by atoms with Crippen molar-refractivity contribution in [2.75, 3.05) is 0 Å². The van der Waals surface area contributed by atoms with Gasteiger partial charge in [0.1, 0.15) is 0 Å². The van der Waals surface area contributed by atoms with Crippen molar-refractivity contribution in [3.8, 4) is 0 Å². The third-order valence-corrected chi connectivity index (χ3v) is 4.17. The molecule has 14 heavy (non-hydrogen) atoms. The molecule has 2 unspecified atom stereocenters. The summed E-state index contributed by atoms with van der Waals surface area (Å²) in [4.78, 5) is 0. The van der Waals surface area contributed by atoms with E-state index in [1.165, 1.54) is 25.7 Å². The normalized spacial score (nSPS) is 19.1. The molecule has 0 nitrogen and oxygen atoms in total. The minimum Gasteiger partial charge on any atom is -0.0654 e. The molecule has 0 saturated heterocycles. The van der Waals surface area contributed by atoms with Gasteiger partial charge in [0.25, 0.3) is 0 Å². The van der Waals surface area contributed by atoms with Crippen LogP contribution in [0.5, 0.6) is 0 Å². The molecular formula is C14H30. The van der Waals surface area contributed by atoms with Gasteiger partial charge in [0.05, 0.1) is 0 Å². The van der Waals surface area contributed by atoms with Crippen molar-refractivity contribution in [1.82, 2.24) is 0 Å². The smallest absolute Gasteiger partial charge is 0.0277 e. The van der Waals surface area contributed by atoms with Crippen LogP contribution in [0.2, 0.25) is 0 Å². The Bertz CT molecular complexity index is 152. The molecule has 2 atom stereocenters. The molecule has 0 spiro atoms.